The average molecular weight is 665 g/mol. The Morgan fingerprint density at radius 3 is 1.91 bits per heavy atom. The van der Waals surface area contributed by atoms with Crippen LogP contribution in [0.3, 0.4) is 0 Å². The molecule has 15 nitrogen and oxygen atoms in total. The van der Waals surface area contributed by atoms with Crippen molar-refractivity contribution in [3.63, 3.8) is 0 Å². The Bertz CT molecular complexity index is 1100. The van der Waals surface area contributed by atoms with Crippen molar-refractivity contribution in [2.75, 3.05) is 13.6 Å². The smallest absolute Gasteiger partial charge is 0.304 e. The van der Waals surface area contributed by atoms with E-state index in [-0.39, 0.29) is 30.8 Å². The summed E-state index contributed by atoms with van der Waals surface area (Å²) in [6.45, 7) is 1.52. The fourth-order valence-corrected chi connectivity index (χ4v) is 6.78. The number of ketones is 1. The molecule has 0 aromatic heterocycles. The van der Waals surface area contributed by atoms with Crippen LogP contribution in [0.25, 0.3) is 0 Å². The predicted octanol–water partition coefficient (Wildman–Crippen LogP) is 0.837. The first kappa shape index (κ1) is 39.4. The number of carboxylic acids is 1. The molecule has 0 saturated heterocycles. The van der Waals surface area contributed by atoms with Crippen molar-refractivity contribution in [1.82, 2.24) is 21.0 Å². The standard InChI is InChI=1S/C32H56N8O7/c1-20(41)38-24(14-9-15-37-32(33)34)29(45)39-25(16-21-10-5-3-6-11-21)27(42)18-23(19-28(43)44)31(47)40(35)26(30(46)36-2)17-22-12-7-4-8-13-22/h21-26H,3-19,35H2,1-2H3,(H,36,46)(H,38,41)(H,39,45)(H,43,44)(H4,33,34,37). The fourth-order valence-electron chi connectivity index (χ4n) is 6.78. The molecule has 4 unspecified atom stereocenters. The van der Waals surface area contributed by atoms with Crippen LogP contribution < -0.4 is 33.3 Å². The second-order valence-corrected chi connectivity index (χ2v) is 13.1. The zero-order chi connectivity index (χ0) is 34.9. The lowest BCUT2D eigenvalue weighted by molar-refractivity contribution is -0.150. The monoisotopic (exact) mass is 664 g/mol. The Balaban J connectivity index is 2.28. The molecule has 2 fully saturated rings. The van der Waals surface area contributed by atoms with E-state index in [9.17, 15) is 33.9 Å². The number of nitrogens with two attached hydrogens (primary N) is 3. The van der Waals surface area contributed by atoms with Crippen molar-refractivity contribution in [2.45, 2.75) is 128 Å². The minimum absolute atomic E-state index is 0.0965. The van der Waals surface area contributed by atoms with Gasteiger partial charge in [0.15, 0.2) is 11.7 Å². The van der Waals surface area contributed by atoms with Crippen LogP contribution in [0.5, 0.6) is 0 Å². The number of hydrogen-bond acceptors (Lipinski definition) is 8. The molecule has 266 valence electrons. The zero-order valence-electron chi connectivity index (χ0n) is 28.0. The third-order valence-corrected chi connectivity index (χ3v) is 9.28. The fraction of sp³-hybridized carbons (Fsp3) is 0.781. The molecule has 4 atom stereocenters. The highest BCUT2D eigenvalue weighted by atomic mass is 16.4. The molecule has 2 aliphatic carbocycles. The summed E-state index contributed by atoms with van der Waals surface area (Å²) in [6, 6.07) is -3.00. The van der Waals surface area contributed by atoms with Crippen molar-refractivity contribution in [3.8, 4) is 0 Å². The highest BCUT2D eigenvalue weighted by Gasteiger charge is 2.37. The zero-order valence-corrected chi connectivity index (χ0v) is 28.0. The van der Waals surface area contributed by atoms with Crippen LogP contribution in [0.1, 0.15) is 110 Å². The Hall–Kier alpha value is -3.75. The Kier molecular flexibility index (Phi) is 17.2. The molecule has 15 heteroatoms. The normalized spacial score (nSPS) is 18.1. The molecule has 0 aromatic carbocycles. The average Bonchev–Trinajstić information content (AvgIpc) is 3.03. The molecule has 4 amide bonds. The number of Topliss-reactive ketones (excluding diaryl/α,β-unsaturated/α-hetero) is 1. The number of likely N-dealkylation sites (N-methyl/N-ethyl adjacent to an activating group) is 1. The molecule has 0 heterocycles. The molecule has 47 heavy (non-hydrogen) atoms. The van der Waals surface area contributed by atoms with Gasteiger partial charge in [0.25, 0.3) is 0 Å². The van der Waals surface area contributed by atoms with Gasteiger partial charge in [0.2, 0.25) is 23.6 Å². The van der Waals surface area contributed by atoms with Crippen LogP contribution in [-0.4, -0.2) is 83.2 Å². The first-order valence-corrected chi connectivity index (χ1v) is 17.0. The van der Waals surface area contributed by atoms with Crippen LogP contribution >= 0.6 is 0 Å². The summed E-state index contributed by atoms with van der Waals surface area (Å²) < 4.78 is 0. The maximum atomic E-state index is 13.9. The van der Waals surface area contributed by atoms with Crippen molar-refractivity contribution in [3.05, 3.63) is 0 Å². The van der Waals surface area contributed by atoms with Gasteiger partial charge in [-0.05, 0) is 37.5 Å². The van der Waals surface area contributed by atoms with E-state index in [0.29, 0.717) is 19.3 Å². The second kappa shape index (κ2) is 20.5. The summed E-state index contributed by atoms with van der Waals surface area (Å²) >= 11 is 0. The van der Waals surface area contributed by atoms with Crippen molar-refractivity contribution >= 4 is 41.3 Å². The number of nitrogens with zero attached hydrogens (tertiary/aromatic N) is 2. The summed E-state index contributed by atoms with van der Waals surface area (Å²) in [7, 11) is 1.44. The van der Waals surface area contributed by atoms with Gasteiger partial charge in [-0.15, -0.1) is 0 Å². The number of carbonyl (C=O) groups excluding carboxylic acids is 5. The van der Waals surface area contributed by atoms with Crippen LogP contribution in [0.2, 0.25) is 0 Å². The van der Waals surface area contributed by atoms with E-state index in [0.717, 1.165) is 69.2 Å². The van der Waals surface area contributed by atoms with Gasteiger partial charge in [0, 0.05) is 26.9 Å². The number of hydrogen-bond donors (Lipinski definition) is 7. The second-order valence-electron chi connectivity index (χ2n) is 13.1. The van der Waals surface area contributed by atoms with Crippen LogP contribution in [-0.2, 0) is 28.8 Å². The highest BCUT2D eigenvalue weighted by Crippen LogP contribution is 2.30. The third-order valence-electron chi connectivity index (χ3n) is 9.28. The topological polar surface area (TPSA) is 252 Å². The van der Waals surface area contributed by atoms with E-state index in [2.05, 4.69) is 20.9 Å². The molecular formula is C32H56N8O7. The molecule has 2 aliphatic rings. The number of rotatable bonds is 19. The molecule has 2 saturated carbocycles. The molecule has 0 radical (unpaired) electrons. The summed E-state index contributed by atoms with van der Waals surface area (Å²) in [5, 5.41) is 18.4. The number of aliphatic imine (C=N–C) groups is 1. The number of amides is 4. The number of carboxylic acid groups (broad SMARTS) is 1. The van der Waals surface area contributed by atoms with Gasteiger partial charge < -0.3 is 32.5 Å². The highest BCUT2D eigenvalue weighted by molar-refractivity contribution is 5.96. The van der Waals surface area contributed by atoms with Crippen LogP contribution in [0.15, 0.2) is 4.99 Å². The van der Waals surface area contributed by atoms with Crippen molar-refractivity contribution in [1.29, 1.82) is 0 Å². The maximum Gasteiger partial charge on any atom is 0.304 e. The van der Waals surface area contributed by atoms with Crippen LogP contribution in [0.4, 0.5) is 0 Å². The largest absolute Gasteiger partial charge is 0.481 e. The Morgan fingerprint density at radius 1 is 0.830 bits per heavy atom. The minimum atomic E-state index is -1.35. The van der Waals surface area contributed by atoms with E-state index in [4.69, 9.17) is 17.3 Å². The van der Waals surface area contributed by atoms with Crippen LogP contribution in [0, 0.1) is 17.8 Å². The first-order chi connectivity index (χ1) is 22.3. The maximum absolute atomic E-state index is 13.9. The predicted molar refractivity (Wildman–Crippen MR) is 176 cm³/mol. The number of hydrazine groups is 1. The van der Waals surface area contributed by atoms with E-state index < -0.39 is 72.3 Å². The molecule has 0 aliphatic heterocycles. The molecule has 0 spiro atoms. The van der Waals surface area contributed by atoms with Gasteiger partial charge in [0.1, 0.15) is 12.1 Å². The lowest BCUT2D eigenvalue weighted by Gasteiger charge is -2.33. The van der Waals surface area contributed by atoms with E-state index >= 15 is 0 Å². The number of aliphatic carboxylic acids is 1. The number of nitrogens with one attached hydrogen (secondary N) is 3. The quantitative estimate of drug-likeness (QED) is 0.0256. The van der Waals surface area contributed by atoms with Gasteiger partial charge >= 0.3 is 5.97 Å². The van der Waals surface area contributed by atoms with Crippen molar-refractivity contribution < 1.29 is 33.9 Å². The van der Waals surface area contributed by atoms with E-state index in [1.54, 1.807) is 0 Å². The Morgan fingerprint density at radius 2 is 1.40 bits per heavy atom. The minimum Gasteiger partial charge on any atom is -0.481 e. The summed E-state index contributed by atoms with van der Waals surface area (Å²) in [5.41, 5.74) is 10.8. The number of guanidine groups is 1. The molecule has 0 aromatic rings. The lowest BCUT2D eigenvalue weighted by atomic mass is 9.82. The summed E-state index contributed by atoms with van der Waals surface area (Å²) in [4.78, 5) is 81.6. The number of carbonyl (C=O) groups is 6. The van der Waals surface area contributed by atoms with E-state index in [1.165, 1.54) is 14.0 Å². The first-order valence-electron chi connectivity index (χ1n) is 17.0. The van der Waals surface area contributed by atoms with E-state index in [1.807, 2.05) is 0 Å². The van der Waals surface area contributed by atoms with Crippen molar-refractivity contribution in [2.24, 2.45) is 40.1 Å². The van der Waals surface area contributed by atoms with Gasteiger partial charge in [-0.2, -0.15) is 0 Å². The summed E-state index contributed by atoms with van der Waals surface area (Å²) in [5.74, 6) is 1.06. The van der Waals surface area contributed by atoms with Gasteiger partial charge in [-0.1, -0.05) is 64.2 Å². The molecule has 0 bridgehead atoms. The Labute approximate surface area is 277 Å². The summed E-state index contributed by atoms with van der Waals surface area (Å²) in [6.07, 6.45) is 9.83. The van der Waals surface area contributed by atoms with Gasteiger partial charge in [-0.25, -0.2) is 5.84 Å². The molecular weight excluding hydrogens is 608 g/mol. The third kappa shape index (κ3) is 14.3. The molecule has 2 rings (SSSR count). The lowest BCUT2D eigenvalue weighted by Crippen LogP contribution is -2.56. The van der Waals surface area contributed by atoms with Gasteiger partial charge in [0.05, 0.1) is 18.4 Å². The molecule has 10 N–H and O–H groups in total. The SMILES string of the molecule is CNC(=O)C(CC1CCCCC1)N(N)C(=O)C(CC(=O)O)CC(=O)C(CC1CCCCC1)NC(=O)C(CCCN=C(N)N)NC(C)=O. The van der Waals surface area contributed by atoms with Gasteiger partial charge in [-0.3, -0.25) is 38.8 Å².